The van der Waals surface area contributed by atoms with Crippen LogP contribution in [-0.4, -0.2) is 26.9 Å². The van der Waals surface area contributed by atoms with Crippen molar-refractivity contribution in [3.63, 3.8) is 0 Å². The number of hydrogen-bond acceptors (Lipinski definition) is 4. The number of nitrogens with one attached hydrogen (secondary N) is 1. The van der Waals surface area contributed by atoms with Crippen molar-refractivity contribution in [2.24, 2.45) is 0 Å². The Hall–Kier alpha value is -3.61. The number of aromatic nitrogens is 2. The molecule has 0 aliphatic rings. The molecule has 2 N–H and O–H groups in total. The predicted octanol–water partition coefficient (Wildman–Crippen LogP) is 3.92. The summed E-state index contributed by atoms with van der Waals surface area (Å²) < 4.78 is 7.00. The van der Waals surface area contributed by atoms with Gasteiger partial charge >= 0.3 is 12.1 Å². The number of amides is 1. The summed E-state index contributed by atoms with van der Waals surface area (Å²) in [5.41, 5.74) is 4.86. The average molecular weight is 393 g/mol. The molecule has 0 aliphatic carbocycles. The van der Waals surface area contributed by atoms with Crippen LogP contribution in [-0.2, 0) is 29.1 Å². The van der Waals surface area contributed by atoms with Gasteiger partial charge in [-0.25, -0.2) is 4.79 Å². The van der Waals surface area contributed by atoms with Gasteiger partial charge in [0.05, 0.1) is 18.7 Å². The summed E-state index contributed by atoms with van der Waals surface area (Å²) in [6, 6.07) is 16.8. The second-order valence-corrected chi connectivity index (χ2v) is 6.76. The number of nitrogens with zero attached hydrogens (tertiary/aromatic N) is 2. The maximum absolute atomic E-state index is 11.9. The van der Waals surface area contributed by atoms with E-state index in [0.717, 1.165) is 28.1 Å². The lowest BCUT2D eigenvalue weighted by atomic mass is 10.1. The fourth-order valence-corrected chi connectivity index (χ4v) is 3.04. The number of ether oxygens (including phenoxy) is 1. The molecule has 0 bridgehead atoms. The van der Waals surface area contributed by atoms with E-state index in [4.69, 9.17) is 9.84 Å². The molecule has 29 heavy (non-hydrogen) atoms. The summed E-state index contributed by atoms with van der Waals surface area (Å²) in [5.74, 6) is -0.870. The van der Waals surface area contributed by atoms with Gasteiger partial charge < -0.3 is 9.84 Å². The number of carboxylic acid groups (broad SMARTS) is 1. The summed E-state index contributed by atoms with van der Waals surface area (Å²) in [7, 11) is 0. The van der Waals surface area contributed by atoms with Crippen LogP contribution in [0.3, 0.4) is 0 Å². The maximum Gasteiger partial charge on any atom is 0.411 e. The first-order valence-corrected chi connectivity index (χ1v) is 9.23. The number of hydrogen-bond donors (Lipinski definition) is 2. The van der Waals surface area contributed by atoms with Crippen molar-refractivity contribution in [2.75, 3.05) is 5.32 Å². The Balaban J connectivity index is 1.57. The number of carboxylic acids is 1. The van der Waals surface area contributed by atoms with Crippen LogP contribution < -0.4 is 5.32 Å². The molecule has 150 valence electrons. The van der Waals surface area contributed by atoms with Gasteiger partial charge in [0, 0.05) is 16.9 Å². The summed E-state index contributed by atoms with van der Waals surface area (Å²) in [4.78, 5) is 23.0. The molecule has 0 fully saturated rings. The molecule has 0 radical (unpaired) electrons. The summed E-state index contributed by atoms with van der Waals surface area (Å²) in [6.45, 7) is 4.42. The molecule has 1 aromatic heterocycles. The van der Waals surface area contributed by atoms with Gasteiger partial charge in [-0.2, -0.15) is 5.10 Å². The normalized spacial score (nSPS) is 10.6. The number of benzene rings is 2. The highest BCUT2D eigenvalue weighted by Crippen LogP contribution is 2.17. The molecular formula is C22H23N3O4. The number of aryl methyl sites for hydroxylation is 1. The number of aliphatic carboxylic acids is 1. The van der Waals surface area contributed by atoms with Crippen molar-refractivity contribution >= 4 is 17.7 Å². The zero-order valence-electron chi connectivity index (χ0n) is 16.4. The van der Waals surface area contributed by atoms with Crippen molar-refractivity contribution in [2.45, 2.75) is 33.4 Å². The van der Waals surface area contributed by atoms with Crippen molar-refractivity contribution in [3.8, 4) is 0 Å². The van der Waals surface area contributed by atoms with E-state index < -0.39 is 12.1 Å². The Morgan fingerprint density at radius 3 is 2.38 bits per heavy atom. The van der Waals surface area contributed by atoms with Crippen molar-refractivity contribution in [3.05, 3.63) is 82.7 Å². The lowest BCUT2D eigenvalue weighted by Gasteiger charge is -2.09. The smallest absolute Gasteiger partial charge is 0.411 e. The van der Waals surface area contributed by atoms with Crippen LogP contribution in [0.15, 0.2) is 54.6 Å². The minimum atomic E-state index is -0.870. The Bertz CT molecular complexity index is 995. The minimum absolute atomic E-state index is 0.0361. The predicted molar refractivity (Wildman–Crippen MR) is 109 cm³/mol. The lowest BCUT2D eigenvalue weighted by molar-refractivity contribution is -0.136. The van der Waals surface area contributed by atoms with Gasteiger partial charge in [0.1, 0.15) is 6.61 Å². The quantitative estimate of drug-likeness (QED) is 0.634. The zero-order valence-corrected chi connectivity index (χ0v) is 16.4. The molecule has 0 spiro atoms. The Kier molecular flexibility index (Phi) is 6.29. The van der Waals surface area contributed by atoms with E-state index in [9.17, 15) is 9.59 Å². The fourth-order valence-electron chi connectivity index (χ4n) is 3.04. The average Bonchev–Trinajstić information content (AvgIpc) is 2.96. The Labute approximate surface area is 168 Å². The van der Waals surface area contributed by atoms with E-state index in [2.05, 4.69) is 10.4 Å². The molecule has 0 unspecified atom stereocenters. The third kappa shape index (κ3) is 5.44. The van der Waals surface area contributed by atoms with Gasteiger partial charge in [-0.05, 0) is 37.1 Å². The van der Waals surface area contributed by atoms with Crippen LogP contribution in [0.4, 0.5) is 10.5 Å². The zero-order chi connectivity index (χ0) is 20.8. The summed E-state index contributed by atoms with van der Waals surface area (Å²) in [5, 5.41) is 16.2. The highest BCUT2D eigenvalue weighted by molar-refractivity contribution is 5.84. The number of rotatable bonds is 7. The maximum atomic E-state index is 11.9. The van der Waals surface area contributed by atoms with Crippen molar-refractivity contribution < 1.29 is 19.4 Å². The van der Waals surface area contributed by atoms with Gasteiger partial charge in [-0.1, -0.05) is 42.5 Å². The molecular weight excluding hydrogens is 370 g/mol. The molecule has 7 nitrogen and oxygen atoms in total. The van der Waals surface area contributed by atoms with Crippen LogP contribution in [0, 0.1) is 13.8 Å². The second kappa shape index (κ2) is 9.05. The minimum Gasteiger partial charge on any atom is -0.481 e. The summed E-state index contributed by atoms with van der Waals surface area (Å²) >= 11 is 0. The molecule has 0 saturated carbocycles. The third-order valence-corrected chi connectivity index (χ3v) is 4.60. The van der Waals surface area contributed by atoms with E-state index in [1.54, 1.807) is 16.8 Å². The second-order valence-electron chi connectivity index (χ2n) is 6.76. The molecule has 0 saturated heterocycles. The van der Waals surface area contributed by atoms with Gasteiger partial charge in [0.15, 0.2) is 0 Å². The highest BCUT2D eigenvalue weighted by Gasteiger charge is 2.14. The Morgan fingerprint density at radius 1 is 1.03 bits per heavy atom. The van der Waals surface area contributed by atoms with Crippen LogP contribution >= 0.6 is 0 Å². The molecule has 2 aromatic carbocycles. The fraction of sp³-hybridized carbons (Fsp3) is 0.227. The third-order valence-electron chi connectivity index (χ3n) is 4.60. The van der Waals surface area contributed by atoms with Crippen LogP contribution in [0.1, 0.15) is 28.1 Å². The van der Waals surface area contributed by atoms with E-state index in [0.29, 0.717) is 12.2 Å². The topological polar surface area (TPSA) is 93.5 Å². The monoisotopic (exact) mass is 393 g/mol. The number of carbonyl (C=O) groups excluding carboxylic acids is 1. The first-order chi connectivity index (χ1) is 13.9. The number of carbonyl (C=O) groups is 2. The van der Waals surface area contributed by atoms with E-state index >= 15 is 0 Å². The van der Waals surface area contributed by atoms with Crippen LogP contribution in [0.2, 0.25) is 0 Å². The molecule has 1 heterocycles. The van der Waals surface area contributed by atoms with E-state index in [1.165, 1.54) is 0 Å². The van der Waals surface area contributed by atoms with Crippen molar-refractivity contribution in [1.82, 2.24) is 9.78 Å². The molecule has 0 aliphatic heterocycles. The molecule has 7 heteroatoms. The lowest BCUT2D eigenvalue weighted by Crippen LogP contribution is -2.13. The molecule has 3 aromatic rings. The van der Waals surface area contributed by atoms with Gasteiger partial charge in [0.25, 0.3) is 0 Å². The molecule has 0 atom stereocenters. The van der Waals surface area contributed by atoms with Crippen molar-refractivity contribution in [1.29, 1.82) is 0 Å². The standard InChI is InChI=1S/C22H23N3O4/c1-15-20(12-21(26)27)16(2)25(24-15)13-17-8-10-19(11-9-17)23-22(28)29-14-18-6-4-3-5-7-18/h3-11H,12-14H2,1-2H3,(H,23,28)(H,26,27). The van der Waals surface area contributed by atoms with Gasteiger partial charge in [0.2, 0.25) is 0 Å². The first-order valence-electron chi connectivity index (χ1n) is 9.23. The highest BCUT2D eigenvalue weighted by atomic mass is 16.5. The van der Waals surface area contributed by atoms with E-state index in [1.807, 2.05) is 56.3 Å². The van der Waals surface area contributed by atoms with Crippen LogP contribution in [0.5, 0.6) is 0 Å². The molecule has 3 rings (SSSR count). The summed E-state index contributed by atoms with van der Waals surface area (Å²) in [6.07, 6.45) is -0.551. The SMILES string of the molecule is Cc1nn(Cc2ccc(NC(=O)OCc3ccccc3)cc2)c(C)c1CC(=O)O. The van der Waals surface area contributed by atoms with Gasteiger partial charge in [-0.15, -0.1) is 0 Å². The van der Waals surface area contributed by atoms with E-state index in [-0.39, 0.29) is 13.0 Å². The first kappa shape index (κ1) is 20.1. The van der Waals surface area contributed by atoms with Crippen LogP contribution in [0.25, 0.3) is 0 Å². The Morgan fingerprint density at radius 2 is 1.72 bits per heavy atom. The van der Waals surface area contributed by atoms with Gasteiger partial charge in [-0.3, -0.25) is 14.8 Å². The largest absolute Gasteiger partial charge is 0.481 e. The number of anilines is 1. The molecule has 1 amide bonds.